The zero-order valence-corrected chi connectivity index (χ0v) is 13.2. The Balaban J connectivity index is 1.64. The number of benzene rings is 1. The molecule has 2 aliphatic rings. The van der Waals surface area contributed by atoms with Crippen molar-refractivity contribution in [2.75, 3.05) is 23.7 Å². The average Bonchev–Trinajstić information content (AvgIpc) is 3.15. The van der Waals surface area contributed by atoms with Crippen LogP contribution in [0.25, 0.3) is 0 Å². The molecule has 0 aromatic heterocycles. The normalized spacial score (nSPS) is 18.4. The van der Waals surface area contributed by atoms with E-state index in [9.17, 15) is 14.4 Å². The number of hydrogen-bond donors (Lipinski definition) is 2. The Kier molecular flexibility index (Phi) is 4.07. The largest absolute Gasteiger partial charge is 0.342 e. The monoisotopic (exact) mass is 315 g/mol. The first kappa shape index (κ1) is 15.5. The first-order valence-corrected chi connectivity index (χ1v) is 8.00. The number of anilines is 2. The van der Waals surface area contributed by atoms with Gasteiger partial charge in [0.1, 0.15) is 5.41 Å². The zero-order chi connectivity index (χ0) is 16.4. The van der Waals surface area contributed by atoms with Crippen molar-refractivity contribution in [1.29, 1.82) is 0 Å². The second kappa shape index (κ2) is 6.02. The molecule has 0 atom stereocenters. The SMILES string of the molecule is CC(=O)Nc1ccc(NC(=O)C2(C(=O)N3CCCC3)CC2)cc1. The molecule has 1 aromatic rings. The van der Waals surface area contributed by atoms with Gasteiger partial charge in [0.15, 0.2) is 0 Å². The molecule has 0 radical (unpaired) electrons. The summed E-state index contributed by atoms with van der Waals surface area (Å²) in [5, 5.41) is 5.50. The van der Waals surface area contributed by atoms with E-state index >= 15 is 0 Å². The van der Waals surface area contributed by atoms with Crippen LogP contribution in [0.15, 0.2) is 24.3 Å². The van der Waals surface area contributed by atoms with Crippen molar-refractivity contribution in [3.8, 4) is 0 Å². The Labute approximate surface area is 135 Å². The van der Waals surface area contributed by atoms with Crippen LogP contribution in [0.2, 0.25) is 0 Å². The van der Waals surface area contributed by atoms with E-state index in [1.54, 1.807) is 24.3 Å². The summed E-state index contributed by atoms with van der Waals surface area (Å²) >= 11 is 0. The molecule has 3 rings (SSSR count). The minimum absolute atomic E-state index is 0.0256. The molecule has 1 saturated carbocycles. The zero-order valence-electron chi connectivity index (χ0n) is 13.2. The molecule has 2 N–H and O–H groups in total. The number of amides is 3. The predicted molar refractivity (Wildman–Crippen MR) is 86.9 cm³/mol. The lowest BCUT2D eigenvalue weighted by atomic mass is 10.0. The molecular weight excluding hydrogens is 294 g/mol. The van der Waals surface area contributed by atoms with Crippen LogP contribution < -0.4 is 10.6 Å². The third-order valence-corrected chi connectivity index (χ3v) is 4.45. The van der Waals surface area contributed by atoms with Gasteiger partial charge in [0.2, 0.25) is 17.7 Å². The highest BCUT2D eigenvalue weighted by molar-refractivity contribution is 6.13. The van der Waals surface area contributed by atoms with Gasteiger partial charge in [0, 0.05) is 31.4 Å². The van der Waals surface area contributed by atoms with Gasteiger partial charge in [-0.05, 0) is 49.9 Å². The van der Waals surface area contributed by atoms with Crippen LogP contribution in [0.5, 0.6) is 0 Å². The van der Waals surface area contributed by atoms with Crippen LogP contribution in [0.4, 0.5) is 11.4 Å². The molecule has 6 heteroatoms. The molecule has 1 heterocycles. The minimum Gasteiger partial charge on any atom is -0.342 e. The fourth-order valence-electron chi connectivity index (χ4n) is 2.98. The van der Waals surface area contributed by atoms with Crippen molar-refractivity contribution < 1.29 is 14.4 Å². The number of hydrogen-bond acceptors (Lipinski definition) is 3. The van der Waals surface area contributed by atoms with Gasteiger partial charge in [-0.25, -0.2) is 0 Å². The highest BCUT2D eigenvalue weighted by Gasteiger charge is 2.58. The van der Waals surface area contributed by atoms with Crippen molar-refractivity contribution in [3.05, 3.63) is 24.3 Å². The van der Waals surface area contributed by atoms with E-state index in [0.29, 0.717) is 24.2 Å². The summed E-state index contributed by atoms with van der Waals surface area (Å²) in [5.41, 5.74) is 0.440. The lowest BCUT2D eigenvalue weighted by Crippen LogP contribution is -2.41. The van der Waals surface area contributed by atoms with Crippen LogP contribution in [-0.2, 0) is 14.4 Å². The third kappa shape index (κ3) is 3.21. The number of carbonyl (C=O) groups excluding carboxylic acids is 3. The molecule has 0 spiro atoms. The number of likely N-dealkylation sites (tertiary alicyclic amines) is 1. The second-order valence-electron chi connectivity index (χ2n) is 6.29. The lowest BCUT2D eigenvalue weighted by molar-refractivity contribution is -0.141. The Hall–Kier alpha value is -2.37. The molecule has 122 valence electrons. The minimum atomic E-state index is -0.860. The van der Waals surface area contributed by atoms with E-state index in [0.717, 1.165) is 25.9 Å². The quantitative estimate of drug-likeness (QED) is 0.834. The standard InChI is InChI=1S/C17H21N3O3/c1-12(21)18-13-4-6-14(7-5-13)19-15(22)17(8-9-17)16(23)20-10-2-3-11-20/h4-7H,2-3,8-11H2,1H3,(H,18,21)(H,19,22). The Morgan fingerprint density at radius 1 is 0.957 bits per heavy atom. The summed E-state index contributed by atoms with van der Waals surface area (Å²) in [6.07, 6.45) is 3.29. The molecule has 23 heavy (non-hydrogen) atoms. The van der Waals surface area contributed by atoms with E-state index in [-0.39, 0.29) is 17.7 Å². The molecule has 0 unspecified atom stereocenters. The highest BCUT2D eigenvalue weighted by atomic mass is 16.2. The van der Waals surface area contributed by atoms with E-state index in [4.69, 9.17) is 0 Å². The topological polar surface area (TPSA) is 78.5 Å². The van der Waals surface area contributed by atoms with Gasteiger partial charge in [-0.1, -0.05) is 0 Å². The highest BCUT2D eigenvalue weighted by Crippen LogP contribution is 2.48. The first-order valence-electron chi connectivity index (χ1n) is 8.00. The van der Waals surface area contributed by atoms with Crippen molar-refractivity contribution >= 4 is 29.1 Å². The van der Waals surface area contributed by atoms with Gasteiger partial charge in [0.25, 0.3) is 0 Å². The van der Waals surface area contributed by atoms with Crippen LogP contribution in [0.3, 0.4) is 0 Å². The van der Waals surface area contributed by atoms with Gasteiger partial charge >= 0.3 is 0 Å². The van der Waals surface area contributed by atoms with Gasteiger partial charge in [-0.15, -0.1) is 0 Å². The fraction of sp³-hybridized carbons (Fsp3) is 0.471. The second-order valence-corrected chi connectivity index (χ2v) is 6.29. The number of carbonyl (C=O) groups is 3. The average molecular weight is 315 g/mol. The summed E-state index contributed by atoms with van der Waals surface area (Å²) in [6, 6.07) is 6.89. The summed E-state index contributed by atoms with van der Waals surface area (Å²) < 4.78 is 0. The molecule has 1 saturated heterocycles. The van der Waals surface area contributed by atoms with Crippen LogP contribution in [0.1, 0.15) is 32.6 Å². The summed E-state index contributed by atoms with van der Waals surface area (Å²) in [6.45, 7) is 2.97. The maximum Gasteiger partial charge on any atom is 0.240 e. The van der Waals surface area contributed by atoms with Crippen LogP contribution in [-0.4, -0.2) is 35.7 Å². The van der Waals surface area contributed by atoms with Gasteiger partial charge in [-0.2, -0.15) is 0 Å². The summed E-state index contributed by atoms with van der Waals surface area (Å²) in [7, 11) is 0. The molecule has 6 nitrogen and oxygen atoms in total. The maximum absolute atomic E-state index is 12.6. The van der Waals surface area contributed by atoms with Crippen molar-refractivity contribution in [3.63, 3.8) is 0 Å². The number of rotatable bonds is 4. The van der Waals surface area contributed by atoms with E-state index in [2.05, 4.69) is 10.6 Å². The molecule has 3 amide bonds. The van der Waals surface area contributed by atoms with Crippen molar-refractivity contribution in [2.45, 2.75) is 32.6 Å². The fourth-order valence-corrected chi connectivity index (χ4v) is 2.98. The van der Waals surface area contributed by atoms with Gasteiger partial charge < -0.3 is 15.5 Å². The molecular formula is C17H21N3O3. The number of nitrogens with one attached hydrogen (secondary N) is 2. The number of nitrogens with zero attached hydrogens (tertiary/aromatic N) is 1. The molecule has 2 fully saturated rings. The molecule has 0 bridgehead atoms. The molecule has 1 aromatic carbocycles. The summed E-state index contributed by atoms with van der Waals surface area (Å²) in [5.74, 6) is -0.390. The van der Waals surface area contributed by atoms with E-state index < -0.39 is 5.41 Å². The molecule has 1 aliphatic carbocycles. The smallest absolute Gasteiger partial charge is 0.240 e. The van der Waals surface area contributed by atoms with Gasteiger partial charge in [0.05, 0.1) is 0 Å². The Morgan fingerprint density at radius 3 is 1.96 bits per heavy atom. The Morgan fingerprint density at radius 2 is 1.48 bits per heavy atom. The van der Waals surface area contributed by atoms with Crippen molar-refractivity contribution in [1.82, 2.24) is 4.90 Å². The Bertz CT molecular complexity index is 629. The third-order valence-electron chi connectivity index (χ3n) is 4.45. The van der Waals surface area contributed by atoms with E-state index in [1.807, 2.05) is 4.90 Å². The maximum atomic E-state index is 12.6. The van der Waals surface area contributed by atoms with Gasteiger partial charge in [-0.3, -0.25) is 14.4 Å². The van der Waals surface area contributed by atoms with Crippen molar-refractivity contribution in [2.24, 2.45) is 5.41 Å². The summed E-state index contributed by atoms with van der Waals surface area (Å²) in [4.78, 5) is 37.9. The van der Waals surface area contributed by atoms with E-state index in [1.165, 1.54) is 6.92 Å². The lowest BCUT2D eigenvalue weighted by Gasteiger charge is -2.22. The van der Waals surface area contributed by atoms with Crippen LogP contribution in [0, 0.1) is 5.41 Å². The predicted octanol–water partition coefficient (Wildman–Crippen LogP) is 1.99. The first-order chi connectivity index (χ1) is 11.0. The molecule has 1 aliphatic heterocycles. The van der Waals surface area contributed by atoms with Crippen LogP contribution >= 0.6 is 0 Å².